The van der Waals surface area contributed by atoms with Crippen molar-refractivity contribution in [2.24, 2.45) is 17.8 Å². The highest BCUT2D eigenvalue weighted by molar-refractivity contribution is 5.22. The molecule has 1 saturated carbocycles. The average Bonchev–Trinajstić information content (AvgIpc) is 2.67. The second-order valence-electron chi connectivity index (χ2n) is 5.86. The van der Waals surface area contributed by atoms with Crippen LogP contribution in [0.25, 0.3) is 0 Å². The molecule has 0 heteroatoms. The highest BCUT2D eigenvalue weighted by Crippen LogP contribution is 2.43. The van der Waals surface area contributed by atoms with Gasteiger partial charge < -0.3 is 0 Å². The Morgan fingerprint density at radius 3 is 2.75 bits per heavy atom. The van der Waals surface area contributed by atoms with Crippen LogP contribution in [0, 0.1) is 17.8 Å². The van der Waals surface area contributed by atoms with Crippen LogP contribution >= 0.6 is 0 Å². The Labute approximate surface area is 101 Å². The summed E-state index contributed by atoms with van der Waals surface area (Å²) in [5.41, 5.74) is 1.77. The molecule has 0 heterocycles. The maximum atomic E-state index is 2.45. The zero-order valence-electron chi connectivity index (χ0n) is 10.9. The van der Waals surface area contributed by atoms with E-state index in [0.29, 0.717) is 0 Å². The predicted molar refractivity (Wildman–Crippen MR) is 71.4 cm³/mol. The first kappa shape index (κ1) is 12.0. The van der Waals surface area contributed by atoms with Crippen LogP contribution in [0.2, 0.25) is 0 Å². The Balaban J connectivity index is 2.14. The smallest absolute Gasteiger partial charge is 0.0174 e. The van der Waals surface area contributed by atoms with Crippen LogP contribution < -0.4 is 0 Å². The Hall–Kier alpha value is -0.520. The average molecular weight is 218 g/mol. The first-order valence-corrected chi connectivity index (χ1v) is 7.15. The lowest BCUT2D eigenvalue weighted by Crippen LogP contribution is -2.09. The van der Waals surface area contributed by atoms with Crippen LogP contribution in [-0.4, -0.2) is 0 Å². The van der Waals surface area contributed by atoms with Crippen molar-refractivity contribution in [1.29, 1.82) is 0 Å². The van der Waals surface area contributed by atoms with Crippen LogP contribution in [0.1, 0.15) is 58.8 Å². The molecule has 0 saturated heterocycles. The molecule has 1 fully saturated rings. The van der Waals surface area contributed by atoms with Gasteiger partial charge in [0.1, 0.15) is 0 Å². The van der Waals surface area contributed by atoms with Gasteiger partial charge in [-0.1, -0.05) is 50.5 Å². The topological polar surface area (TPSA) is 0 Å². The minimum absolute atomic E-state index is 0.826. The fourth-order valence-corrected chi connectivity index (χ4v) is 3.41. The van der Waals surface area contributed by atoms with E-state index >= 15 is 0 Å². The second-order valence-corrected chi connectivity index (χ2v) is 5.86. The molecule has 2 atom stereocenters. The molecule has 0 aliphatic heterocycles. The molecule has 0 nitrogen and oxygen atoms in total. The van der Waals surface area contributed by atoms with Gasteiger partial charge in [-0.2, -0.15) is 0 Å². The van der Waals surface area contributed by atoms with Crippen LogP contribution in [-0.2, 0) is 0 Å². The zero-order chi connectivity index (χ0) is 11.4. The maximum absolute atomic E-state index is 2.45. The quantitative estimate of drug-likeness (QED) is 0.573. The molecule has 2 aliphatic carbocycles. The van der Waals surface area contributed by atoms with E-state index in [1.165, 1.54) is 44.9 Å². The number of rotatable bonds is 1. The highest BCUT2D eigenvalue weighted by Gasteiger charge is 2.31. The fraction of sp³-hybridized carbons (Fsp3) is 0.750. The molecule has 2 rings (SSSR count). The molecule has 90 valence electrons. The van der Waals surface area contributed by atoms with E-state index in [4.69, 9.17) is 0 Å². The van der Waals surface area contributed by atoms with Crippen LogP contribution in [0.4, 0.5) is 0 Å². The maximum Gasteiger partial charge on any atom is -0.0174 e. The Kier molecular flexibility index (Phi) is 4.26. The van der Waals surface area contributed by atoms with E-state index in [9.17, 15) is 0 Å². The third-order valence-corrected chi connectivity index (χ3v) is 4.38. The van der Waals surface area contributed by atoms with Crippen LogP contribution in [0.15, 0.2) is 23.8 Å². The van der Waals surface area contributed by atoms with E-state index in [1.807, 2.05) is 0 Å². The number of hydrogen-bond acceptors (Lipinski definition) is 0. The molecule has 0 spiro atoms. The van der Waals surface area contributed by atoms with Gasteiger partial charge in [0.15, 0.2) is 0 Å². The summed E-state index contributed by atoms with van der Waals surface area (Å²) in [7, 11) is 0. The van der Waals surface area contributed by atoms with Gasteiger partial charge in [0.2, 0.25) is 0 Å². The van der Waals surface area contributed by atoms with Crippen molar-refractivity contribution in [3.05, 3.63) is 23.8 Å². The summed E-state index contributed by atoms with van der Waals surface area (Å²) in [6.45, 7) is 4.77. The third kappa shape index (κ3) is 2.78. The summed E-state index contributed by atoms with van der Waals surface area (Å²) in [6.07, 6.45) is 17.0. The summed E-state index contributed by atoms with van der Waals surface area (Å²) >= 11 is 0. The number of fused-ring (bicyclic) bond motifs is 1. The van der Waals surface area contributed by atoms with E-state index in [2.05, 4.69) is 32.1 Å². The van der Waals surface area contributed by atoms with E-state index < -0.39 is 0 Å². The van der Waals surface area contributed by atoms with E-state index in [0.717, 1.165) is 17.8 Å². The molecule has 0 aromatic carbocycles. The molecule has 0 amide bonds. The lowest BCUT2D eigenvalue weighted by Gasteiger charge is -2.20. The van der Waals surface area contributed by atoms with Gasteiger partial charge in [0.05, 0.1) is 0 Å². The summed E-state index contributed by atoms with van der Waals surface area (Å²) in [4.78, 5) is 0. The Morgan fingerprint density at radius 1 is 1.06 bits per heavy atom. The van der Waals surface area contributed by atoms with Gasteiger partial charge in [0, 0.05) is 0 Å². The van der Waals surface area contributed by atoms with Gasteiger partial charge >= 0.3 is 0 Å². The van der Waals surface area contributed by atoms with Gasteiger partial charge in [-0.25, -0.2) is 0 Å². The summed E-state index contributed by atoms with van der Waals surface area (Å²) in [5.74, 6) is 2.61. The molecular weight excluding hydrogens is 192 g/mol. The monoisotopic (exact) mass is 218 g/mol. The zero-order valence-corrected chi connectivity index (χ0v) is 10.9. The molecule has 0 bridgehead atoms. The lowest BCUT2D eigenvalue weighted by atomic mass is 9.85. The minimum Gasteiger partial charge on any atom is -0.0845 e. The van der Waals surface area contributed by atoms with Crippen molar-refractivity contribution in [3.8, 4) is 0 Å². The highest BCUT2D eigenvalue weighted by atomic mass is 14.4. The second kappa shape index (κ2) is 5.70. The summed E-state index contributed by atoms with van der Waals surface area (Å²) in [6, 6.07) is 0. The van der Waals surface area contributed by atoms with Gasteiger partial charge in [-0.05, 0) is 49.9 Å². The Bertz CT molecular complexity index is 270. The first-order chi connectivity index (χ1) is 7.79. The normalized spacial score (nSPS) is 36.6. The van der Waals surface area contributed by atoms with Crippen molar-refractivity contribution < 1.29 is 0 Å². The van der Waals surface area contributed by atoms with Crippen LogP contribution in [0.5, 0.6) is 0 Å². The molecule has 0 N–H and O–H groups in total. The molecular formula is C16H26. The number of allylic oxidation sites excluding steroid dienone is 4. The molecule has 0 radical (unpaired) electrons. The van der Waals surface area contributed by atoms with Gasteiger partial charge in [-0.3, -0.25) is 0 Å². The third-order valence-electron chi connectivity index (χ3n) is 4.38. The van der Waals surface area contributed by atoms with Crippen LogP contribution in [0.3, 0.4) is 0 Å². The van der Waals surface area contributed by atoms with Crippen molar-refractivity contribution in [1.82, 2.24) is 0 Å². The standard InChI is InChI=1S/C16H26/c1-13(2)15-12-11-14-9-7-5-3-4-6-8-10-16(14)15/h6,8,10,13-15H,3-5,7,9,11-12H2,1-2H3/b8-6+,16-10+. The van der Waals surface area contributed by atoms with Crippen molar-refractivity contribution in [2.75, 3.05) is 0 Å². The SMILES string of the molecule is CC(C)C1CCC2CCCCC/C=C/C=C\21. The molecule has 2 unspecified atom stereocenters. The van der Waals surface area contributed by atoms with Gasteiger partial charge in [-0.15, -0.1) is 0 Å². The van der Waals surface area contributed by atoms with Crippen molar-refractivity contribution in [3.63, 3.8) is 0 Å². The fourth-order valence-electron chi connectivity index (χ4n) is 3.41. The summed E-state index contributed by atoms with van der Waals surface area (Å²) in [5, 5.41) is 0. The molecule has 0 aromatic heterocycles. The first-order valence-electron chi connectivity index (χ1n) is 7.15. The Morgan fingerprint density at radius 2 is 1.94 bits per heavy atom. The molecule has 16 heavy (non-hydrogen) atoms. The molecule has 0 aromatic rings. The summed E-state index contributed by atoms with van der Waals surface area (Å²) < 4.78 is 0. The van der Waals surface area contributed by atoms with E-state index in [-0.39, 0.29) is 0 Å². The van der Waals surface area contributed by atoms with E-state index in [1.54, 1.807) is 5.57 Å². The van der Waals surface area contributed by atoms with Gasteiger partial charge in [0.25, 0.3) is 0 Å². The number of hydrogen-bond donors (Lipinski definition) is 0. The lowest BCUT2D eigenvalue weighted by molar-refractivity contribution is 0.451. The largest absolute Gasteiger partial charge is 0.0845 e. The van der Waals surface area contributed by atoms with Crippen molar-refractivity contribution in [2.45, 2.75) is 58.8 Å². The predicted octanol–water partition coefficient (Wildman–Crippen LogP) is 5.12. The minimum atomic E-state index is 0.826. The molecule has 2 aliphatic rings. The van der Waals surface area contributed by atoms with Crippen molar-refractivity contribution >= 4 is 0 Å².